The van der Waals surface area contributed by atoms with Gasteiger partial charge in [0.1, 0.15) is 5.65 Å². The Morgan fingerprint density at radius 1 is 1.13 bits per heavy atom. The van der Waals surface area contributed by atoms with Crippen LogP contribution in [0.4, 0.5) is 9.59 Å². The summed E-state index contributed by atoms with van der Waals surface area (Å²) in [6, 6.07) is 6.32. The summed E-state index contributed by atoms with van der Waals surface area (Å²) in [4.78, 5) is 38.9. The van der Waals surface area contributed by atoms with Crippen molar-refractivity contribution in [2.75, 3.05) is 32.8 Å². The monoisotopic (exact) mass is 517 g/mol. The number of H-pyrrole nitrogens is 1. The standard InChI is InChI=1S/C29H35N5O4/c1-18-14-30-26-22(18)13-21(15-31-26)20-11-19-6-8-32(27(35)33-9-10-38-29(2,3)17-33)16-24(19)23(12-20)25-5-4-7-34(25)28(36)37/h11-15,25H,4-10,16-17H2,1-3H3,(H,30,31)(H,36,37)/t25-/m0/s1. The number of aromatic nitrogens is 2. The third-order valence-electron chi connectivity index (χ3n) is 8.27. The van der Waals surface area contributed by atoms with E-state index in [2.05, 4.69) is 35.1 Å². The number of hydrogen-bond donors (Lipinski definition) is 2. The molecule has 3 aliphatic rings. The molecule has 3 aromatic rings. The molecule has 6 rings (SSSR count). The number of benzene rings is 1. The minimum Gasteiger partial charge on any atom is -0.465 e. The summed E-state index contributed by atoms with van der Waals surface area (Å²) in [5.74, 6) is 0. The number of nitrogens with one attached hydrogen (secondary N) is 1. The van der Waals surface area contributed by atoms with Gasteiger partial charge in [-0.05, 0) is 80.0 Å². The molecule has 5 heterocycles. The van der Waals surface area contributed by atoms with Crippen LogP contribution in [0.3, 0.4) is 0 Å². The van der Waals surface area contributed by atoms with Crippen molar-refractivity contribution in [1.29, 1.82) is 0 Å². The van der Waals surface area contributed by atoms with Gasteiger partial charge in [0.05, 0.1) is 24.8 Å². The zero-order valence-electron chi connectivity index (χ0n) is 22.3. The zero-order chi connectivity index (χ0) is 26.6. The Balaban J connectivity index is 1.39. The van der Waals surface area contributed by atoms with Crippen molar-refractivity contribution < 1.29 is 19.4 Å². The number of likely N-dealkylation sites (tertiary alicyclic amines) is 1. The van der Waals surface area contributed by atoms with E-state index in [1.165, 1.54) is 5.56 Å². The molecule has 3 amide bonds. The molecule has 0 saturated carbocycles. The number of pyridine rings is 1. The Bertz CT molecular complexity index is 1410. The number of hydrogen-bond acceptors (Lipinski definition) is 4. The number of carbonyl (C=O) groups excluding carboxylic acids is 1. The lowest BCUT2D eigenvalue weighted by molar-refractivity contribution is -0.0767. The third-order valence-corrected chi connectivity index (χ3v) is 8.27. The summed E-state index contributed by atoms with van der Waals surface area (Å²) >= 11 is 0. The van der Waals surface area contributed by atoms with Crippen LogP contribution in [0.1, 0.15) is 55.0 Å². The molecule has 2 aromatic heterocycles. The normalized spacial score (nSPS) is 21.1. The van der Waals surface area contributed by atoms with Crippen LogP contribution >= 0.6 is 0 Å². The largest absolute Gasteiger partial charge is 0.465 e. The van der Waals surface area contributed by atoms with Crippen LogP contribution in [0.2, 0.25) is 0 Å². The van der Waals surface area contributed by atoms with Gasteiger partial charge in [0.25, 0.3) is 0 Å². The molecule has 200 valence electrons. The van der Waals surface area contributed by atoms with E-state index < -0.39 is 6.09 Å². The van der Waals surface area contributed by atoms with Crippen LogP contribution < -0.4 is 0 Å². The van der Waals surface area contributed by atoms with Gasteiger partial charge in [0.2, 0.25) is 0 Å². The zero-order valence-corrected chi connectivity index (χ0v) is 22.3. The van der Waals surface area contributed by atoms with Crippen LogP contribution in [0.15, 0.2) is 30.6 Å². The predicted molar refractivity (Wildman–Crippen MR) is 144 cm³/mol. The molecule has 0 bridgehead atoms. The number of carboxylic acid groups (broad SMARTS) is 1. The van der Waals surface area contributed by atoms with Crippen molar-refractivity contribution in [3.8, 4) is 11.1 Å². The Morgan fingerprint density at radius 3 is 2.76 bits per heavy atom. The summed E-state index contributed by atoms with van der Waals surface area (Å²) in [7, 11) is 0. The first-order chi connectivity index (χ1) is 18.2. The number of nitrogens with zero attached hydrogens (tertiary/aromatic N) is 4. The average Bonchev–Trinajstić information content (AvgIpc) is 3.54. The van der Waals surface area contributed by atoms with Gasteiger partial charge in [0.15, 0.2) is 0 Å². The Morgan fingerprint density at radius 2 is 1.97 bits per heavy atom. The van der Waals surface area contributed by atoms with Crippen LogP contribution in [-0.2, 0) is 17.7 Å². The predicted octanol–water partition coefficient (Wildman–Crippen LogP) is 4.94. The molecule has 1 aromatic carbocycles. The summed E-state index contributed by atoms with van der Waals surface area (Å²) < 4.78 is 5.81. The van der Waals surface area contributed by atoms with Crippen molar-refractivity contribution >= 4 is 23.2 Å². The molecule has 38 heavy (non-hydrogen) atoms. The molecule has 9 heteroatoms. The molecule has 3 aliphatic heterocycles. The molecule has 0 aliphatic carbocycles. The van der Waals surface area contributed by atoms with E-state index in [-0.39, 0.29) is 17.7 Å². The van der Waals surface area contributed by atoms with Gasteiger partial charge < -0.3 is 29.5 Å². The lowest BCUT2D eigenvalue weighted by Gasteiger charge is -2.42. The number of ether oxygens (including phenoxy) is 1. The molecule has 0 radical (unpaired) electrons. The van der Waals surface area contributed by atoms with Gasteiger partial charge in [0, 0.05) is 49.5 Å². The highest BCUT2D eigenvalue weighted by Crippen LogP contribution is 2.40. The highest BCUT2D eigenvalue weighted by Gasteiger charge is 2.36. The van der Waals surface area contributed by atoms with Gasteiger partial charge in [-0.25, -0.2) is 14.6 Å². The minimum absolute atomic E-state index is 0.0288. The second-order valence-corrected chi connectivity index (χ2v) is 11.4. The van der Waals surface area contributed by atoms with Gasteiger partial charge in [-0.1, -0.05) is 6.07 Å². The van der Waals surface area contributed by atoms with E-state index >= 15 is 0 Å². The van der Waals surface area contributed by atoms with Crippen molar-refractivity contribution in [3.63, 3.8) is 0 Å². The summed E-state index contributed by atoms with van der Waals surface area (Å²) in [5.41, 5.74) is 6.99. The molecule has 2 saturated heterocycles. The van der Waals surface area contributed by atoms with E-state index in [4.69, 9.17) is 4.74 Å². The number of fused-ring (bicyclic) bond motifs is 2. The van der Waals surface area contributed by atoms with Crippen molar-refractivity contribution in [2.24, 2.45) is 0 Å². The van der Waals surface area contributed by atoms with Gasteiger partial charge in [-0.2, -0.15) is 0 Å². The molecule has 0 unspecified atom stereocenters. The SMILES string of the molecule is Cc1c[nH]c2ncc(-c3cc4c(c([C@@H]5CCCN5C(=O)O)c3)CN(C(=O)N3CCOC(C)(C)C3)CC4)cc12. The van der Waals surface area contributed by atoms with E-state index in [9.17, 15) is 14.7 Å². The maximum absolute atomic E-state index is 13.6. The number of morpholine rings is 1. The number of carbonyl (C=O) groups is 2. The van der Waals surface area contributed by atoms with E-state index in [0.29, 0.717) is 39.3 Å². The Hall–Kier alpha value is -3.59. The second kappa shape index (κ2) is 9.31. The smallest absolute Gasteiger partial charge is 0.407 e. The molecule has 2 N–H and O–H groups in total. The van der Waals surface area contributed by atoms with Crippen molar-refractivity contribution in [2.45, 2.75) is 58.2 Å². The number of aryl methyl sites for hydroxylation is 1. The summed E-state index contributed by atoms with van der Waals surface area (Å²) in [6.07, 6.45) is 5.29. The van der Waals surface area contributed by atoms with Crippen molar-refractivity contribution in [3.05, 3.63) is 52.8 Å². The number of aromatic amines is 1. The molecular weight excluding hydrogens is 482 g/mol. The molecule has 1 atom stereocenters. The summed E-state index contributed by atoms with van der Waals surface area (Å²) in [5, 5.41) is 11.0. The quantitative estimate of drug-likeness (QED) is 0.501. The fourth-order valence-corrected chi connectivity index (χ4v) is 6.32. The highest BCUT2D eigenvalue weighted by molar-refractivity contribution is 5.85. The number of urea groups is 1. The lowest BCUT2D eigenvalue weighted by Crippen LogP contribution is -2.55. The van der Waals surface area contributed by atoms with E-state index in [1.54, 1.807) is 4.90 Å². The fraction of sp³-hybridized carbons (Fsp3) is 0.483. The van der Waals surface area contributed by atoms with Crippen molar-refractivity contribution in [1.82, 2.24) is 24.7 Å². The van der Waals surface area contributed by atoms with Crippen LogP contribution in [-0.4, -0.2) is 80.3 Å². The highest BCUT2D eigenvalue weighted by atomic mass is 16.5. The summed E-state index contributed by atoms with van der Waals surface area (Å²) in [6.45, 7) is 9.41. The molecule has 9 nitrogen and oxygen atoms in total. The van der Waals surface area contributed by atoms with Crippen LogP contribution in [0.25, 0.3) is 22.2 Å². The van der Waals surface area contributed by atoms with Crippen LogP contribution in [0.5, 0.6) is 0 Å². The van der Waals surface area contributed by atoms with Crippen LogP contribution in [0, 0.1) is 6.92 Å². The minimum atomic E-state index is -0.892. The molecule has 0 spiro atoms. The Kier molecular flexibility index (Phi) is 6.06. The first kappa shape index (κ1) is 24.7. The topological polar surface area (TPSA) is 102 Å². The first-order valence-corrected chi connectivity index (χ1v) is 13.5. The van der Waals surface area contributed by atoms with Gasteiger partial charge in [-0.3, -0.25) is 0 Å². The number of rotatable bonds is 2. The molecular formula is C29H35N5O4. The Labute approximate surface area is 222 Å². The fourth-order valence-electron chi connectivity index (χ4n) is 6.32. The second-order valence-electron chi connectivity index (χ2n) is 11.4. The molecule has 2 fully saturated rings. The van der Waals surface area contributed by atoms with E-state index in [0.717, 1.165) is 58.1 Å². The first-order valence-electron chi connectivity index (χ1n) is 13.5. The van der Waals surface area contributed by atoms with Gasteiger partial charge in [-0.15, -0.1) is 0 Å². The van der Waals surface area contributed by atoms with Gasteiger partial charge >= 0.3 is 12.1 Å². The maximum atomic E-state index is 13.6. The number of amides is 3. The average molecular weight is 518 g/mol. The van der Waals surface area contributed by atoms with E-state index in [1.807, 2.05) is 36.0 Å². The maximum Gasteiger partial charge on any atom is 0.407 e. The third kappa shape index (κ3) is 4.38. The lowest BCUT2D eigenvalue weighted by atomic mass is 9.87.